The van der Waals surface area contributed by atoms with Gasteiger partial charge in [-0.2, -0.15) is 5.26 Å². The number of carbonyl (C=O) groups excluding carboxylic acids is 2. The van der Waals surface area contributed by atoms with E-state index in [2.05, 4.69) is 21.2 Å². The number of nitriles is 1. The number of rotatable bonds is 2. The Morgan fingerprint density at radius 3 is 2.89 bits per heavy atom. The summed E-state index contributed by atoms with van der Waals surface area (Å²) in [7, 11) is 0. The lowest BCUT2D eigenvalue weighted by molar-refractivity contribution is -0.138. The van der Waals surface area contributed by atoms with Crippen molar-refractivity contribution in [2.75, 3.05) is 11.9 Å². The SMILES string of the molecule is CCOC(=O)/C(C#N)=C1/C(=O)Nc2ccc(Br)cc21. The van der Waals surface area contributed by atoms with E-state index in [0.717, 1.165) is 4.47 Å². The van der Waals surface area contributed by atoms with Crippen LogP contribution in [0.1, 0.15) is 12.5 Å². The maximum atomic E-state index is 11.9. The molecule has 0 atom stereocenters. The second-order valence-electron chi connectivity index (χ2n) is 3.73. The fourth-order valence-electron chi connectivity index (χ4n) is 1.79. The van der Waals surface area contributed by atoms with E-state index in [-0.39, 0.29) is 17.8 Å². The predicted octanol–water partition coefficient (Wildman–Crippen LogP) is 2.24. The Labute approximate surface area is 118 Å². The summed E-state index contributed by atoms with van der Waals surface area (Å²) in [5.74, 6) is -1.26. The number of carbonyl (C=O) groups is 2. The van der Waals surface area contributed by atoms with Crippen LogP contribution in [0.3, 0.4) is 0 Å². The number of halogens is 1. The predicted molar refractivity (Wildman–Crippen MR) is 71.9 cm³/mol. The Morgan fingerprint density at radius 1 is 1.53 bits per heavy atom. The van der Waals surface area contributed by atoms with Crippen LogP contribution in [0.25, 0.3) is 5.57 Å². The number of benzene rings is 1. The Kier molecular flexibility index (Phi) is 3.67. The number of nitrogens with one attached hydrogen (secondary N) is 1. The van der Waals surface area contributed by atoms with Crippen molar-refractivity contribution in [1.29, 1.82) is 5.26 Å². The van der Waals surface area contributed by atoms with Crippen LogP contribution in [0, 0.1) is 11.3 Å². The number of ether oxygens (including phenoxy) is 1. The van der Waals surface area contributed by atoms with Crippen LogP contribution >= 0.6 is 15.9 Å². The first-order valence-electron chi connectivity index (χ1n) is 5.51. The molecule has 2 rings (SSSR count). The molecule has 0 saturated carbocycles. The molecule has 1 aliphatic heterocycles. The number of fused-ring (bicyclic) bond motifs is 1. The van der Waals surface area contributed by atoms with Crippen LogP contribution in [0.4, 0.5) is 5.69 Å². The minimum atomic E-state index is -0.789. The second kappa shape index (κ2) is 5.24. The van der Waals surface area contributed by atoms with E-state index < -0.39 is 11.9 Å². The molecule has 1 heterocycles. The molecule has 0 radical (unpaired) electrons. The molecular formula is C13H9BrN2O3. The van der Waals surface area contributed by atoms with Crippen molar-refractivity contribution >= 4 is 39.1 Å². The lowest BCUT2D eigenvalue weighted by Crippen LogP contribution is -2.13. The zero-order chi connectivity index (χ0) is 14.0. The van der Waals surface area contributed by atoms with E-state index in [1.54, 1.807) is 31.2 Å². The molecule has 0 unspecified atom stereocenters. The highest BCUT2D eigenvalue weighted by atomic mass is 79.9. The highest BCUT2D eigenvalue weighted by Crippen LogP contribution is 2.35. The van der Waals surface area contributed by atoms with Crippen molar-refractivity contribution in [2.45, 2.75) is 6.92 Å². The molecule has 5 nitrogen and oxygen atoms in total. The highest BCUT2D eigenvalue weighted by Gasteiger charge is 2.31. The zero-order valence-corrected chi connectivity index (χ0v) is 11.6. The molecule has 0 fully saturated rings. The first kappa shape index (κ1) is 13.3. The van der Waals surface area contributed by atoms with Gasteiger partial charge in [0.05, 0.1) is 12.2 Å². The van der Waals surface area contributed by atoms with Crippen molar-refractivity contribution in [3.8, 4) is 6.07 Å². The van der Waals surface area contributed by atoms with E-state index in [4.69, 9.17) is 10.00 Å². The Bertz CT molecular complexity index is 644. The van der Waals surface area contributed by atoms with Crippen molar-refractivity contribution in [2.24, 2.45) is 0 Å². The third kappa shape index (κ3) is 2.37. The van der Waals surface area contributed by atoms with Gasteiger partial charge < -0.3 is 10.1 Å². The van der Waals surface area contributed by atoms with Gasteiger partial charge in [-0.3, -0.25) is 4.79 Å². The summed E-state index contributed by atoms with van der Waals surface area (Å²) in [6, 6.07) is 6.89. The molecule has 0 bridgehead atoms. The molecule has 96 valence electrons. The molecule has 0 aromatic heterocycles. The van der Waals surface area contributed by atoms with Crippen LogP contribution in [0.5, 0.6) is 0 Å². The third-order valence-corrected chi connectivity index (χ3v) is 3.06. The first-order valence-corrected chi connectivity index (χ1v) is 6.30. The monoisotopic (exact) mass is 320 g/mol. The van der Waals surface area contributed by atoms with Gasteiger partial charge in [-0.1, -0.05) is 15.9 Å². The van der Waals surface area contributed by atoms with Crippen molar-refractivity contribution in [3.05, 3.63) is 33.8 Å². The summed E-state index contributed by atoms with van der Waals surface area (Å²) < 4.78 is 5.54. The number of amides is 1. The second-order valence-corrected chi connectivity index (χ2v) is 4.64. The Hall–Kier alpha value is -2.13. The van der Waals surface area contributed by atoms with E-state index >= 15 is 0 Å². The van der Waals surface area contributed by atoms with Crippen LogP contribution in [0.15, 0.2) is 28.2 Å². The summed E-state index contributed by atoms with van der Waals surface area (Å²) in [4.78, 5) is 23.6. The zero-order valence-electron chi connectivity index (χ0n) is 9.99. The number of nitrogens with zero attached hydrogens (tertiary/aromatic N) is 1. The van der Waals surface area contributed by atoms with Crippen LogP contribution < -0.4 is 5.32 Å². The van der Waals surface area contributed by atoms with Gasteiger partial charge >= 0.3 is 5.97 Å². The minimum absolute atomic E-state index is 0.0530. The highest BCUT2D eigenvalue weighted by molar-refractivity contribution is 9.10. The largest absolute Gasteiger partial charge is 0.462 e. The van der Waals surface area contributed by atoms with Crippen LogP contribution in [-0.4, -0.2) is 18.5 Å². The minimum Gasteiger partial charge on any atom is -0.462 e. The van der Waals surface area contributed by atoms with Gasteiger partial charge in [0, 0.05) is 15.7 Å². The van der Waals surface area contributed by atoms with Gasteiger partial charge in [0.2, 0.25) is 0 Å². The summed E-state index contributed by atoms with van der Waals surface area (Å²) in [6.45, 7) is 1.78. The molecule has 6 heteroatoms. The van der Waals surface area contributed by atoms with E-state index in [1.807, 2.05) is 0 Å². The Morgan fingerprint density at radius 2 is 2.26 bits per heavy atom. The van der Waals surface area contributed by atoms with Crippen molar-refractivity contribution < 1.29 is 14.3 Å². The standard InChI is InChI=1S/C13H9BrN2O3/c1-2-19-13(18)9(6-15)11-8-5-7(14)3-4-10(8)16-12(11)17/h3-5H,2H2,1H3,(H,16,17)/b11-9+. The molecule has 1 aromatic carbocycles. The number of anilines is 1. The maximum absolute atomic E-state index is 11.9. The maximum Gasteiger partial charge on any atom is 0.349 e. The van der Waals surface area contributed by atoms with Gasteiger partial charge in [-0.05, 0) is 25.1 Å². The number of esters is 1. The van der Waals surface area contributed by atoms with E-state index in [1.165, 1.54) is 0 Å². The average molecular weight is 321 g/mol. The van der Waals surface area contributed by atoms with Gasteiger partial charge in [0.15, 0.2) is 5.57 Å². The van der Waals surface area contributed by atoms with E-state index in [0.29, 0.717) is 11.3 Å². The molecule has 0 spiro atoms. The van der Waals surface area contributed by atoms with Crippen molar-refractivity contribution in [3.63, 3.8) is 0 Å². The van der Waals surface area contributed by atoms with Crippen molar-refractivity contribution in [1.82, 2.24) is 0 Å². The molecule has 0 aliphatic carbocycles. The number of hydrogen-bond donors (Lipinski definition) is 1. The average Bonchev–Trinajstić information content (AvgIpc) is 2.68. The summed E-state index contributed by atoms with van der Waals surface area (Å²) in [5.41, 5.74) is 0.859. The third-order valence-electron chi connectivity index (χ3n) is 2.57. The number of hydrogen-bond acceptors (Lipinski definition) is 4. The molecule has 1 amide bonds. The Balaban J connectivity index is 2.62. The van der Waals surface area contributed by atoms with Gasteiger partial charge in [-0.25, -0.2) is 4.79 Å². The molecule has 1 aliphatic rings. The molecule has 19 heavy (non-hydrogen) atoms. The molecule has 0 saturated heterocycles. The van der Waals surface area contributed by atoms with Gasteiger partial charge in [0.25, 0.3) is 5.91 Å². The van der Waals surface area contributed by atoms with Gasteiger partial charge in [-0.15, -0.1) is 0 Å². The lowest BCUT2D eigenvalue weighted by atomic mass is 10.0. The molecular weight excluding hydrogens is 312 g/mol. The quantitative estimate of drug-likeness (QED) is 0.515. The topological polar surface area (TPSA) is 79.2 Å². The molecule has 1 aromatic rings. The smallest absolute Gasteiger partial charge is 0.349 e. The van der Waals surface area contributed by atoms with E-state index in [9.17, 15) is 9.59 Å². The first-order chi connectivity index (χ1) is 9.08. The summed E-state index contributed by atoms with van der Waals surface area (Å²) in [6.07, 6.45) is 0. The fourth-order valence-corrected chi connectivity index (χ4v) is 2.16. The van der Waals surface area contributed by atoms with Gasteiger partial charge in [0.1, 0.15) is 6.07 Å². The van der Waals surface area contributed by atoms with Crippen LogP contribution in [-0.2, 0) is 14.3 Å². The fraction of sp³-hybridized carbons (Fsp3) is 0.154. The summed E-state index contributed by atoms with van der Waals surface area (Å²) in [5, 5.41) is 11.7. The lowest BCUT2D eigenvalue weighted by Gasteiger charge is -2.03. The van der Waals surface area contributed by atoms with Crippen LogP contribution in [0.2, 0.25) is 0 Å². The normalized spacial score (nSPS) is 15.3. The molecule has 1 N–H and O–H groups in total. The summed E-state index contributed by atoms with van der Waals surface area (Å²) >= 11 is 3.29.